The number of hydrogen-bond donors (Lipinski definition) is 1. The highest BCUT2D eigenvalue weighted by Gasteiger charge is 2.23. The summed E-state index contributed by atoms with van der Waals surface area (Å²) in [4.78, 5) is 30.7. The van der Waals surface area contributed by atoms with Crippen LogP contribution in [0.3, 0.4) is 0 Å². The van der Waals surface area contributed by atoms with E-state index in [1.807, 2.05) is 24.3 Å². The molecule has 0 fully saturated rings. The highest BCUT2D eigenvalue weighted by Crippen LogP contribution is 2.47. The lowest BCUT2D eigenvalue weighted by Crippen LogP contribution is -2.26. The molecule has 3 aromatic carbocycles. The van der Waals surface area contributed by atoms with Crippen LogP contribution in [-0.4, -0.2) is 37.4 Å². The lowest BCUT2D eigenvalue weighted by atomic mass is 10.2. The Kier molecular flexibility index (Phi) is 5.77. The maximum absolute atomic E-state index is 12.6. The van der Waals surface area contributed by atoms with E-state index in [1.54, 1.807) is 50.1 Å². The van der Waals surface area contributed by atoms with Crippen LogP contribution in [0.1, 0.15) is 16.8 Å². The lowest BCUT2D eigenvalue weighted by molar-refractivity contribution is -0.116. The monoisotopic (exact) mass is 417 g/mol. The van der Waals surface area contributed by atoms with Crippen molar-refractivity contribution in [2.45, 2.75) is 16.2 Å². The smallest absolute Gasteiger partial charge is 0.253 e. The van der Waals surface area contributed by atoms with Crippen molar-refractivity contribution >= 4 is 40.6 Å². The van der Waals surface area contributed by atoms with E-state index in [9.17, 15) is 9.59 Å². The molecule has 3 aromatic rings. The van der Waals surface area contributed by atoms with E-state index in [0.29, 0.717) is 24.2 Å². The largest absolute Gasteiger partial charge is 0.345 e. The first-order chi connectivity index (χ1) is 14.5. The highest BCUT2D eigenvalue weighted by molar-refractivity contribution is 7.99. The molecule has 1 aliphatic rings. The molecule has 1 aliphatic heterocycles. The number of benzene rings is 3. The van der Waals surface area contributed by atoms with Crippen LogP contribution in [0, 0.1) is 0 Å². The maximum atomic E-state index is 12.6. The fraction of sp³-hybridized carbons (Fsp3) is 0.167. The van der Waals surface area contributed by atoms with Crippen LogP contribution in [0.4, 0.5) is 17.1 Å². The van der Waals surface area contributed by atoms with Crippen molar-refractivity contribution in [3.05, 3.63) is 78.4 Å². The molecule has 1 heterocycles. The number of nitrogens with zero attached hydrogens (tertiary/aromatic N) is 2. The molecule has 2 amide bonds. The average molecular weight is 418 g/mol. The molecule has 152 valence electrons. The maximum Gasteiger partial charge on any atom is 0.253 e. The second kappa shape index (κ2) is 8.63. The van der Waals surface area contributed by atoms with Gasteiger partial charge in [-0.05, 0) is 48.5 Å². The zero-order valence-electron chi connectivity index (χ0n) is 17.0. The zero-order chi connectivity index (χ0) is 21.1. The van der Waals surface area contributed by atoms with Crippen LogP contribution >= 0.6 is 11.8 Å². The van der Waals surface area contributed by atoms with Gasteiger partial charge in [0.15, 0.2) is 0 Å². The van der Waals surface area contributed by atoms with Gasteiger partial charge in [0.1, 0.15) is 0 Å². The number of anilines is 3. The van der Waals surface area contributed by atoms with Gasteiger partial charge in [0.05, 0.1) is 11.4 Å². The summed E-state index contributed by atoms with van der Waals surface area (Å²) in [7, 11) is 3.43. The van der Waals surface area contributed by atoms with Crippen LogP contribution in [0.2, 0.25) is 0 Å². The van der Waals surface area contributed by atoms with Crippen molar-refractivity contribution in [2.24, 2.45) is 0 Å². The normalized spacial score (nSPS) is 12.0. The van der Waals surface area contributed by atoms with Crippen LogP contribution < -0.4 is 10.2 Å². The Labute approximate surface area is 180 Å². The van der Waals surface area contributed by atoms with Crippen molar-refractivity contribution < 1.29 is 9.59 Å². The van der Waals surface area contributed by atoms with Crippen LogP contribution in [0.5, 0.6) is 0 Å². The van der Waals surface area contributed by atoms with Crippen LogP contribution in [0.25, 0.3) is 0 Å². The molecule has 0 saturated carbocycles. The molecule has 1 N–H and O–H groups in total. The number of para-hydroxylation sites is 2. The van der Waals surface area contributed by atoms with Crippen LogP contribution in [-0.2, 0) is 4.79 Å². The van der Waals surface area contributed by atoms with E-state index in [1.165, 1.54) is 14.7 Å². The molecule has 4 rings (SSSR count). The fourth-order valence-electron chi connectivity index (χ4n) is 3.41. The van der Waals surface area contributed by atoms with E-state index in [4.69, 9.17) is 0 Å². The quantitative estimate of drug-likeness (QED) is 0.633. The first-order valence-corrected chi connectivity index (χ1v) is 10.6. The standard InChI is InChI=1S/C24H23N3O2S/c1-26(2)24(29)17-11-13-18(14-12-17)25-23(28)15-16-27-19-7-3-5-9-21(19)30-22-10-6-4-8-20(22)27/h3-14H,15-16H2,1-2H3,(H,25,28). The first kappa shape index (κ1) is 20.0. The average Bonchev–Trinajstić information content (AvgIpc) is 2.76. The van der Waals surface area contributed by atoms with Gasteiger partial charge in [0, 0.05) is 48.1 Å². The number of amides is 2. The Balaban J connectivity index is 1.44. The summed E-state index contributed by atoms with van der Waals surface area (Å²) >= 11 is 1.76. The summed E-state index contributed by atoms with van der Waals surface area (Å²) in [5, 5.41) is 2.93. The molecule has 0 aliphatic carbocycles. The van der Waals surface area contributed by atoms with Gasteiger partial charge in [-0.2, -0.15) is 0 Å². The van der Waals surface area contributed by atoms with Crippen molar-refractivity contribution in [3.63, 3.8) is 0 Å². The SMILES string of the molecule is CN(C)C(=O)c1ccc(NC(=O)CCN2c3ccccc3Sc3ccccc32)cc1. The van der Waals surface area contributed by atoms with Gasteiger partial charge >= 0.3 is 0 Å². The topological polar surface area (TPSA) is 52.7 Å². The third-order valence-corrected chi connectivity index (χ3v) is 6.05. The van der Waals surface area contributed by atoms with Gasteiger partial charge < -0.3 is 15.1 Å². The Morgan fingerprint density at radius 3 is 2.00 bits per heavy atom. The zero-order valence-corrected chi connectivity index (χ0v) is 17.8. The number of nitrogens with one attached hydrogen (secondary N) is 1. The molecule has 0 spiro atoms. The summed E-state index contributed by atoms with van der Waals surface area (Å²) < 4.78 is 0. The number of fused-ring (bicyclic) bond motifs is 2. The first-order valence-electron chi connectivity index (χ1n) is 9.78. The second-order valence-electron chi connectivity index (χ2n) is 7.26. The van der Waals surface area contributed by atoms with Gasteiger partial charge in [-0.1, -0.05) is 36.0 Å². The highest BCUT2D eigenvalue weighted by atomic mass is 32.2. The minimum Gasteiger partial charge on any atom is -0.345 e. The summed E-state index contributed by atoms with van der Waals surface area (Å²) in [6.45, 7) is 0.581. The molecular weight excluding hydrogens is 394 g/mol. The Morgan fingerprint density at radius 1 is 0.867 bits per heavy atom. The molecular formula is C24H23N3O2S. The molecule has 0 radical (unpaired) electrons. The van der Waals surface area contributed by atoms with E-state index in [-0.39, 0.29) is 11.8 Å². The minimum atomic E-state index is -0.0619. The third-order valence-electron chi connectivity index (χ3n) is 4.92. The predicted octanol–water partition coefficient (Wildman–Crippen LogP) is 5.02. The van der Waals surface area contributed by atoms with E-state index in [0.717, 1.165) is 11.4 Å². The number of carbonyl (C=O) groups is 2. The molecule has 6 heteroatoms. The molecule has 30 heavy (non-hydrogen) atoms. The lowest BCUT2D eigenvalue weighted by Gasteiger charge is -2.32. The molecule has 0 saturated heterocycles. The van der Waals surface area contributed by atoms with Gasteiger partial charge in [0.25, 0.3) is 5.91 Å². The van der Waals surface area contributed by atoms with Gasteiger partial charge in [-0.15, -0.1) is 0 Å². The van der Waals surface area contributed by atoms with Crippen molar-refractivity contribution in [1.82, 2.24) is 4.90 Å². The van der Waals surface area contributed by atoms with Gasteiger partial charge in [0.2, 0.25) is 5.91 Å². The summed E-state index contributed by atoms with van der Waals surface area (Å²) in [5.41, 5.74) is 3.53. The summed E-state index contributed by atoms with van der Waals surface area (Å²) in [5.74, 6) is -0.122. The Bertz CT molecular complexity index is 1030. The molecule has 0 aromatic heterocycles. The van der Waals surface area contributed by atoms with Crippen LogP contribution in [0.15, 0.2) is 82.6 Å². The fourth-order valence-corrected chi connectivity index (χ4v) is 4.51. The van der Waals surface area contributed by atoms with E-state index < -0.39 is 0 Å². The Morgan fingerprint density at radius 2 is 1.43 bits per heavy atom. The second-order valence-corrected chi connectivity index (χ2v) is 8.35. The summed E-state index contributed by atoms with van der Waals surface area (Å²) in [6, 6.07) is 23.5. The Hall–Kier alpha value is -3.25. The number of rotatable bonds is 5. The van der Waals surface area contributed by atoms with Crippen molar-refractivity contribution in [3.8, 4) is 0 Å². The number of carbonyl (C=O) groups excluding carboxylic acids is 2. The third kappa shape index (κ3) is 4.19. The van der Waals surface area contributed by atoms with E-state index >= 15 is 0 Å². The van der Waals surface area contributed by atoms with Gasteiger partial charge in [-0.25, -0.2) is 0 Å². The molecule has 0 atom stereocenters. The van der Waals surface area contributed by atoms with Crippen molar-refractivity contribution in [1.29, 1.82) is 0 Å². The van der Waals surface area contributed by atoms with Gasteiger partial charge in [-0.3, -0.25) is 9.59 Å². The predicted molar refractivity (Wildman–Crippen MR) is 122 cm³/mol. The van der Waals surface area contributed by atoms with E-state index in [2.05, 4.69) is 34.5 Å². The number of hydrogen-bond acceptors (Lipinski definition) is 4. The molecule has 0 unspecified atom stereocenters. The van der Waals surface area contributed by atoms with Crippen molar-refractivity contribution in [2.75, 3.05) is 30.9 Å². The summed E-state index contributed by atoms with van der Waals surface area (Å²) in [6.07, 6.45) is 0.353. The molecule has 5 nitrogen and oxygen atoms in total. The molecule has 0 bridgehead atoms. The minimum absolute atomic E-state index is 0.0603.